The minimum Gasteiger partial charge on any atom is -0.463 e. The molecule has 0 spiro atoms. The van der Waals surface area contributed by atoms with E-state index < -0.39 is 0 Å². The molecule has 0 atom stereocenters. The average Bonchev–Trinajstić information content (AvgIpc) is 2.67. The van der Waals surface area contributed by atoms with Crippen LogP contribution in [0.25, 0.3) is 0 Å². The molecule has 0 saturated heterocycles. The highest BCUT2D eigenvalue weighted by Gasteiger charge is 2.20. The van der Waals surface area contributed by atoms with Gasteiger partial charge in [-0.3, -0.25) is 0 Å². The van der Waals surface area contributed by atoms with Crippen molar-refractivity contribution in [2.24, 2.45) is 0 Å². The van der Waals surface area contributed by atoms with Crippen LogP contribution in [0.5, 0.6) is 0 Å². The third-order valence-electron chi connectivity index (χ3n) is 2.20. The summed E-state index contributed by atoms with van der Waals surface area (Å²) in [5, 5.41) is 0. The third-order valence-corrected chi connectivity index (χ3v) is 2.20. The largest absolute Gasteiger partial charge is 0.463 e. The van der Waals surface area contributed by atoms with Crippen molar-refractivity contribution < 1.29 is 14.3 Å². The van der Waals surface area contributed by atoms with E-state index in [4.69, 9.17) is 9.47 Å². The van der Waals surface area contributed by atoms with Crippen molar-refractivity contribution in [2.75, 3.05) is 20.3 Å². The van der Waals surface area contributed by atoms with Crippen molar-refractivity contribution in [2.45, 2.75) is 26.2 Å². The molecule has 0 unspecified atom stereocenters. The van der Waals surface area contributed by atoms with Crippen LogP contribution < -0.4 is 0 Å². The van der Waals surface area contributed by atoms with Crippen molar-refractivity contribution in [1.29, 1.82) is 0 Å². The van der Waals surface area contributed by atoms with E-state index >= 15 is 0 Å². The predicted octanol–water partition coefficient (Wildman–Crippen LogP) is 1.68. The number of rotatable bonds is 3. The van der Waals surface area contributed by atoms with Crippen LogP contribution in [-0.4, -0.2) is 26.3 Å². The van der Waals surface area contributed by atoms with Gasteiger partial charge in [-0.25, -0.2) is 4.79 Å². The maximum Gasteiger partial charge on any atom is 0.334 e. The molecule has 1 aliphatic carbocycles. The molecule has 0 aromatic carbocycles. The molecule has 0 radical (unpaired) electrons. The van der Waals surface area contributed by atoms with Gasteiger partial charge in [0.1, 0.15) is 6.61 Å². The van der Waals surface area contributed by atoms with E-state index in [2.05, 4.69) is 11.8 Å². The lowest BCUT2D eigenvalue weighted by atomic mass is 10.1. The van der Waals surface area contributed by atoms with Crippen LogP contribution in [0.2, 0.25) is 0 Å². The molecule has 0 saturated carbocycles. The van der Waals surface area contributed by atoms with Crippen molar-refractivity contribution >= 4 is 5.97 Å². The van der Waals surface area contributed by atoms with Crippen LogP contribution in [-0.2, 0) is 14.3 Å². The van der Waals surface area contributed by atoms with Crippen molar-refractivity contribution in [3.63, 3.8) is 0 Å². The van der Waals surface area contributed by atoms with Gasteiger partial charge in [-0.15, -0.1) is 0 Å². The maximum absolute atomic E-state index is 11.5. The molecule has 1 rings (SSSR count). The third kappa shape index (κ3) is 3.41. The minimum absolute atomic E-state index is 0.211. The zero-order valence-electron chi connectivity index (χ0n) is 9.26. The Morgan fingerprint density at radius 2 is 2.27 bits per heavy atom. The first-order chi connectivity index (χ1) is 7.29. The minimum atomic E-state index is -0.211. The number of esters is 1. The molecular weight excluding hydrogens is 192 g/mol. The smallest absolute Gasteiger partial charge is 0.334 e. The van der Waals surface area contributed by atoms with Crippen LogP contribution in [0.1, 0.15) is 26.2 Å². The van der Waals surface area contributed by atoms with Gasteiger partial charge in [-0.2, -0.15) is 0 Å². The van der Waals surface area contributed by atoms with Gasteiger partial charge in [-0.1, -0.05) is 11.8 Å². The standard InChI is InChI=1S/C12H16O3/c1-3-15-12(13)11-8-4-6-10(11)7-5-9-14-2/h3-4,6,8-9H2,1-2H3. The molecular formula is C12H16O3. The summed E-state index contributed by atoms with van der Waals surface area (Å²) in [6.45, 7) is 2.63. The van der Waals surface area contributed by atoms with Gasteiger partial charge >= 0.3 is 5.97 Å². The molecule has 0 heterocycles. The zero-order chi connectivity index (χ0) is 11.1. The number of ether oxygens (including phenoxy) is 2. The lowest BCUT2D eigenvalue weighted by Crippen LogP contribution is -2.07. The first kappa shape index (κ1) is 11.8. The molecule has 0 aromatic heterocycles. The van der Waals surface area contributed by atoms with Crippen molar-refractivity contribution in [3.8, 4) is 11.8 Å². The quantitative estimate of drug-likeness (QED) is 0.523. The van der Waals surface area contributed by atoms with E-state index in [1.54, 1.807) is 7.11 Å². The van der Waals surface area contributed by atoms with Crippen molar-refractivity contribution in [3.05, 3.63) is 11.1 Å². The van der Waals surface area contributed by atoms with E-state index in [0.717, 1.165) is 30.4 Å². The Kier molecular flexibility index (Phi) is 4.92. The molecule has 0 N–H and O–H groups in total. The van der Waals surface area contributed by atoms with Gasteiger partial charge in [0.15, 0.2) is 0 Å². The number of methoxy groups -OCH3 is 1. The lowest BCUT2D eigenvalue weighted by molar-refractivity contribution is -0.138. The second-order valence-electron chi connectivity index (χ2n) is 3.27. The van der Waals surface area contributed by atoms with Crippen LogP contribution in [0.3, 0.4) is 0 Å². The molecule has 0 amide bonds. The summed E-state index contributed by atoms with van der Waals surface area (Å²) >= 11 is 0. The number of carbonyl (C=O) groups excluding carboxylic acids is 1. The number of carbonyl (C=O) groups is 1. The van der Waals surface area contributed by atoms with E-state index in [0.29, 0.717) is 13.2 Å². The maximum atomic E-state index is 11.5. The summed E-state index contributed by atoms with van der Waals surface area (Å²) in [4.78, 5) is 11.5. The van der Waals surface area contributed by atoms with Crippen LogP contribution in [0.15, 0.2) is 11.1 Å². The highest BCUT2D eigenvalue weighted by molar-refractivity contribution is 5.91. The SMILES string of the molecule is CCOC(=O)C1=C(C#CCOC)CCC1. The molecule has 0 aromatic rings. The lowest BCUT2D eigenvalue weighted by Gasteiger charge is -2.02. The molecule has 3 nitrogen and oxygen atoms in total. The van der Waals surface area contributed by atoms with Gasteiger partial charge in [0.05, 0.1) is 6.61 Å². The van der Waals surface area contributed by atoms with Gasteiger partial charge in [-0.05, 0) is 26.2 Å². The second kappa shape index (κ2) is 6.26. The number of hydrogen-bond donors (Lipinski definition) is 0. The fraction of sp³-hybridized carbons (Fsp3) is 0.583. The summed E-state index contributed by atoms with van der Waals surface area (Å²) in [6, 6.07) is 0. The molecule has 15 heavy (non-hydrogen) atoms. The first-order valence-electron chi connectivity index (χ1n) is 5.16. The summed E-state index contributed by atoms with van der Waals surface area (Å²) in [6.07, 6.45) is 2.66. The monoisotopic (exact) mass is 208 g/mol. The van der Waals surface area contributed by atoms with E-state index in [9.17, 15) is 4.79 Å². The molecule has 1 aliphatic rings. The topological polar surface area (TPSA) is 35.5 Å². The highest BCUT2D eigenvalue weighted by Crippen LogP contribution is 2.26. The van der Waals surface area contributed by atoms with E-state index in [1.165, 1.54) is 0 Å². The molecule has 0 fully saturated rings. The summed E-state index contributed by atoms with van der Waals surface area (Å²) < 4.78 is 9.80. The Hall–Kier alpha value is -1.27. The Labute approximate surface area is 90.4 Å². The van der Waals surface area contributed by atoms with Gasteiger partial charge in [0.25, 0.3) is 0 Å². The van der Waals surface area contributed by atoms with Crippen molar-refractivity contribution in [1.82, 2.24) is 0 Å². The normalized spacial score (nSPS) is 14.8. The number of allylic oxidation sites excluding steroid dienone is 1. The number of hydrogen-bond acceptors (Lipinski definition) is 3. The second-order valence-corrected chi connectivity index (χ2v) is 3.27. The van der Waals surface area contributed by atoms with E-state index in [-0.39, 0.29) is 5.97 Å². The van der Waals surface area contributed by atoms with Crippen LogP contribution in [0.4, 0.5) is 0 Å². The van der Waals surface area contributed by atoms with Gasteiger partial charge < -0.3 is 9.47 Å². The van der Waals surface area contributed by atoms with Crippen LogP contribution in [0, 0.1) is 11.8 Å². The molecule has 3 heteroatoms. The summed E-state index contributed by atoms with van der Waals surface area (Å²) in [7, 11) is 1.60. The Morgan fingerprint density at radius 3 is 2.93 bits per heavy atom. The Balaban J connectivity index is 2.70. The first-order valence-corrected chi connectivity index (χ1v) is 5.16. The van der Waals surface area contributed by atoms with Gasteiger partial charge in [0.2, 0.25) is 0 Å². The van der Waals surface area contributed by atoms with E-state index in [1.807, 2.05) is 6.92 Å². The van der Waals surface area contributed by atoms with Crippen LogP contribution >= 0.6 is 0 Å². The Morgan fingerprint density at radius 1 is 1.47 bits per heavy atom. The summed E-state index contributed by atoms with van der Waals surface area (Å²) in [5.41, 5.74) is 1.67. The molecule has 0 bridgehead atoms. The predicted molar refractivity (Wildman–Crippen MR) is 57.2 cm³/mol. The highest BCUT2D eigenvalue weighted by atomic mass is 16.5. The molecule has 82 valence electrons. The Bertz CT molecular complexity index is 317. The zero-order valence-corrected chi connectivity index (χ0v) is 9.26. The summed E-state index contributed by atoms with van der Waals surface area (Å²) in [5.74, 6) is 5.63. The fourth-order valence-electron chi connectivity index (χ4n) is 1.54. The van der Waals surface area contributed by atoms with Gasteiger partial charge in [0, 0.05) is 18.3 Å². The molecule has 0 aliphatic heterocycles. The average molecular weight is 208 g/mol. The fourth-order valence-corrected chi connectivity index (χ4v) is 1.54.